The van der Waals surface area contributed by atoms with E-state index in [4.69, 9.17) is 19.2 Å². The van der Waals surface area contributed by atoms with Crippen molar-refractivity contribution in [3.05, 3.63) is 84.7 Å². The van der Waals surface area contributed by atoms with E-state index < -0.39 is 28.7 Å². The van der Waals surface area contributed by atoms with Gasteiger partial charge in [-0.1, -0.05) is 53.5 Å². The molecule has 4 aliphatic heterocycles. The SMILES string of the molecule is CC(C1CCOCC1)[N+](O)(C(=O)O)N1CC2(CC1c1ncc(-c3ccc4cc(-c5ccc(-c6cnc(C7CCCN7)[nH]6)cc5)ccc4c3)[nH]1)OCCO2. The largest absolute Gasteiger partial charge is 0.568 e. The summed E-state index contributed by atoms with van der Waals surface area (Å²) in [7, 11) is 0. The number of carboxylic acid groups (broad SMARTS) is 1. The van der Waals surface area contributed by atoms with Crippen LogP contribution in [0.1, 0.15) is 62.8 Å². The first-order valence-corrected chi connectivity index (χ1v) is 18.8. The molecule has 0 radical (unpaired) electrons. The van der Waals surface area contributed by atoms with Crippen molar-refractivity contribution in [3.8, 4) is 33.6 Å². The van der Waals surface area contributed by atoms with Crippen LogP contribution in [0.3, 0.4) is 0 Å². The molecule has 276 valence electrons. The van der Waals surface area contributed by atoms with Gasteiger partial charge < -0.3 is 34.6 Å². The van der Waals surface area contributed by atoms with E-state index in [1.165, 1.54) is 6.42 Å². The number of hydroxylamine groups is 2. The molecule has 53 heavy (non-hydrogen) atoms. The molecule has 6 heterocycles. The van der Waals surface area contributed by atoms with Crippen molar-refractivity contribution in [1.82, 2.24) is 30.3 Å². The first-order chi connectivity index (χ1) is 25.8. The number of rotatable bonds is 8. The molecule has 5 N–H and O–H groups in total. The van der Waals surface area contributed by atoms with Crippen molar-refractivity contribution < 1.29 is 34.1 Å². The molecule has 0 aliphatic carbocycles. The van der Waals surface area contributed by atoms with E-state index in [1.807, 2.05) is 6.20 Å². The smallest absolute Gasteiger partial charge is 0.432 e. The summed E-state index contributed by atoms with van der Waals surface area (Å²) in [5.41, 5.74) is 6.14. The van der Waals surface area contributed by atoms with Crippen LogP contribution < -0.4 is 5.32 Å². The number of ether oxygens (including phenoxy) is 3. The van der Waals surface area contributed by atoms with Crippen LogP contribution in [-0.2, 0) is 14.2 Å². The Bertz CT molecular complexity index is 2100. The molecule has 9 rings (SSSR count). The van der Waals surface area contributed by atoms with Crippen molar-refractivity contribution in [1.29, 1.82) is 0 Å². The third-order valence-corrected chi connectivity index (χ3v) is 11.8. The molecular formula is C40H46N7O6+. The molecular weight excluding hydrogens is 674 g/mol. The molecule has 0 saturated carbocycles. The lowest BCUT2D eigenvalue weighted by molar-refractivity contribution is -1.15. The van der Waals surface area contributed by atoms with Gasteiger partial charge in [0.15, 0.2) is 11.8 Å². The fourth-order valence-electron chi connectivity index (χ4n) is 8.76. The molecule has 5 aromatic rings. The van der Waals surface area contributed by atoms with E-state index in [-0.39, 0.29) is 12.5 Å². The highest BCUT2D eigenvalue weighted by molar-refractivity contribution is 5.90. The van der Waals surface area contributed by atoms with Crippen LogP contribution in [0.5, 0.6) is 0 Å². The van der Waals surface area contributed by atoms with E-state index in [9.17, 15) is 15.1 Å². The van der Waals surface area contributed by atoms with Gasteiger partial charge in [0, 0.05) is 31.1 Å². The van der Waals surface area contributed by atoms with Gasteiger partial charge in [-0.25, -0.2) is 9.97 Å². The molecule has 4 unspecified atom stereocenters. The number of hydrogen-bond donors (Lipinski definition) is 5. The lowest BCUT2D eigenvalue weighted by Gasteiger charge is -2.42. The lowest BCUT2D eigenvalue weighted by atomic mass is 9.92. The predicted molar refractivity (Wildman–Crippen MR) is 196 cm³/mol. The van der Waals surface area contributed by atoms with Gasteiger partial charge >= 0.3 is 6.09 Å². The Hall–Kier alpha value is -4.47. The fraction of sp³-hybridized carbons (Fsp3) is 0.425. The number of imidazole rings is 2. The average Bonchev–Trinajstić information content (AvgIpc) is 4.05. The summed E-state index contributed by atoms with van der Waals surface area (Å²) >= 11 is 0. The second-order valence-corrected chi connectivity index (χ2v) is 14.9. The molecule has 4 fully saturated rings. The van der Waals surface area contributed by atoms with Crippen LogP contribution in [0.15, 0.2) is 73.1 Å². The second-order valence-electron chi connectivity index (χ2n) is 14.9. The van der Waals surface area contributed by atoms with E-state index >= 15 is 0 Å². The first kappa shape index (κ1) is 34.3. The van der Waals surface area contributed by atoms with Crippen molar-refractivity contribution in [3.63, 3.8) is 0 Å². The van der Waals surface area contributed by atoms with Gasteiger partial charge in [0.2, 0.25) is 0 Å². The minimum Gasteiger partial charge on any atom is -0.432 e. The highest BCUT2D eigenvalue weighted by atomic mass is 16.7. The number of aromatic amines is 2. The van der Waals surface area contributed by atoms with Crippen molar-refractivity contribution >= 4 is 16.9 Å². The number of H-pyrrole nitrogens is 2. The van der Waals surface area contributed by atoms with Gasteiger partial charge in [-0.15, -0.1) is 0 Å². The Balaban J connectivity index is 0.956. The number of nitrogens with one attached hydrogen (secondary N) is 3. The normalized spacial score (nSPS) is 23.9. The van der Waals surface area contributed by atoms with E-state index in [1.54, 1.807) is 18.1 Å². The molecule has 1 spiro atoms. The standard InChI is InChI=1S/C40H45N7O6/c1-25(26-12-15-51-16-13-26)47(50,39(48)49)46-24-40(52-17-18-53-40)21-36(46)38-43-23-35(45-38)32-11-10-30-19-29(8-9-31(30)20-32)27-4-6-28(7-5-27)34-22-42-37(44-34)33-3-2-14-41-33/h4-11,19-20,22-23,25-26,33,36,41,50H,2-3,12-18,21,24H2,1H3,(H2-,42,43,44,45,48,49)/p+1. The summed E-state index contributed by atoms with van der Waals surface area (Å²) in [4.78, 5) is 29.3. The lowest BCUT2D eigenvalue weighted by Crippen LogP contribution is -2.67. The summed E-state index contributed by atoms with van der Waals surface area (Å²) < 4.78 is 16.4. The van der Waals surface area contributed by atoms with Crippen LogP contribution in [0.2, 0.25) is 0 Å². The van der Waals surface area contributed by atoms with E-state index in [2.05, 4.69) is 80.9 Å². The van der Waals surface area contributed by atoms with Crippen LogP contribution in [0.4, 0.5) is 4.79 Å². The Morgan fingerprint density at radius 1 is 0.849 bits per heavy atom. The van der Waals surface area contributed by atoms with E-state index in [0.29, 0.717) is 57.6 Å². The third-order valence-electron chi connectivity index (χ3n) is 11.8. The topological polar surface area (TPSA) is 158 Å². The Labute approximate surface area is 307 Å². The maximum absolute atomic E-state index is 13.0. The first-order valence-electron chi connectivity index (χ1n) is 18.8. The summed E-state index contributed by atoms with van der Waals surface area (Å²) in [5, 5.41) is 30.0. The number of benzene rings is 3. The molecule has 1 amide bonds. The number of aromatic nitrogens is 4. The summed E-state index contributed by atoms with van der Waals surface area (Å²) in [6, 6.07) is 20.4. The Morgan fingerprint density at radius 3 is 2.17 bits per heavy atom. The van der Waals surface area contributed by atoms with Gasteiger partial charge in [-0.3, -0.25) is 0 Å². The predicted octanol–water partition coefficient (Wildman–Crippen LogP) is 6.82. The quantitative estimate of drug-likeness (QED) is 0.0655. The number of hydrogen-bond acceptors (Lipinski definition) is 9. The minimum atomic E-state index is -1.34. The average molecular weight is 721 g/mol. The number of nitrogens with zero attached hydrogens (tertiary/aromatic N) is 4. The maximum atomic E-state index is 13.0. The van der Waals surface area contributed by atoms with Gasteiger partial charge in [0.1, 0.15) is 24.2 Å². The molecule has 0 bridgehead atoms. The maximum Gasteiger partial charge on any atom is 0.568 e. The number of amides is 1. The monoisotopic (exact) mass is 720 g/mol. The highest BCUT2D eigenvalue weighted by Gasteiger charge is 2.63. The van der Waals surface area contributed by atoms with Gasteiger partial charge in [-0.2, -0.15) is 10.0 Å². The van der Waals surface area contributed by atoms with Gasteiger partial charge in [0.25, 0.3) is 0 Å². The van der Waals surface area contributed by atoms with Crippen molar-refractivity contribution in [2.45, 2.75) is 62.9 Å². The summed E-state index contributed by atoms with van der Waals surface area (Å²) in [5.74, 6) is 0.495. The van der Waals surface area contributed by atoms with Crippen molar-refractivity contribution in [2.75, 3.05) is 39.5 Å². The van der Waals surface area contributed by atoms with Crippen molar-refractivity contribution in [2.24, 2.45) is 5.92 Å². The Morgan fingerprint density at radius 2 is 1.47 bits per heavy atom. The molecule has 2 aromatic heterocycles. The number of quaternary nitrogens is 1. The zero-order valence-electron chi connectivity index (χ0n) is 29.8. The molecule has 13 nitrogen and oxygen atoms in total. The van der Waals surface area contributed by atoms with Crippen LogP contribution in [-0.4, -0.2) is 97.5 Å². The minimum absolute atomic E-state index is 0.0356. The highest BCUT2D eigenvalue weighted by Crippen LogP contribution is 2.46. The molecule has 4 aliphatic rings. The van der Waals surface area contributed by atoms with Crippen LogP contribution >= 0.6 is 0 Å². The number of carbonyl (C=O) groups is 1. The molecule has 4 saturated heterocycles. The van der Waals surface area contributed by atoms with Gasteiger partial charge in [-0.05, 0) is 83.5 Å². The Kier molecular flexibility index (Phi) is 8.90. The van der Waals surface area contributed by atoms with E-state index in [0.717, 1.165) is 63.2 Å². The molecule has 3 aromatic carbocycles. The zero-order chi connectivity index (χ0) is 36.2. The molecule has 4 atom stereocenters. The molecule has 13 heteroatoms. The fourth-order valence-corrected chi connectivity index (χ4v) is 8.76. The summed E-state index contributed by atoms with van der Waals surface area (Å²) in [6.07, 6.45) is 6.32. The number of fused-ring (bicyclic) bond motifs is 1. The van der Waals surface area contributed by atoms with Crippen LogP contribution in [0, 0.1) is 5.92 Å². The zero-order valence-corrected chi connectivity index (χ0v) is 29.8. The second kappa shape index (κ2) is 13.7. The third kappa shape index (κ3) is 6.25. The summed E-state index contributed by atoms with van der Waals surface area (Å²) in [6.45, 7) is 4.84. The van der Waals surface area contributed by atoms with Gasteiger partial charge in [0.05, 0.1) is 43.0 Å². The van der Waals surface area contributed by atoms with Crippen LogP contribution in [0.25, 0.3) is 44.4 Å².